The molecule has 0 saturated carbocycles. The second kappa shape index (κ2) is 7.66. The Hall–Kier alpha value is -3.79. The number of hydrogen-bond acceptors (Lipinski definition) is 7. The van der Waals surface area contributed by atoms with Gasteiger partial charge in [0.25, 0.3) is 5.91 Å². The number of anilines is 1. The molecule has 1 saturated heterocycles. The number of fused-ring (bicyclic) bond motifs is 2. The molecule has 1 aliphatic heterocycles. The minimum absolute atomic E-state index is 0.00983. The van der Waals surface area contributed by atoms with Crippen LogP contribution in [0, 0.1) is 5.82 Å². The van der Waals surface area contributed by atoms with E-state index in [0.717, 1.165) is 18.8 Å². The lowest BCUT2D eigenvalue weighted by molar-refractivity contribution is 0.0997. The molecule has 2 aromatic carbocycles. The van der Waals surface area contributed by atoms with Crippen LogP contribution in [0.15, 0.2) is 30.5 Å². The summed E-state index contributed by atoms with van der Waals surface area (Å²) in [5, 5.41) is 19.0. The zero-order valence-corrected chi connectivity index (χ0v) is 18.5. The molecule has 2 atom stereocenters. The van der Waals surface area contributed by atoms with Gasteiger partial charge in [0, 0.05) is 54.9 Å². The summed E-state index contributed by atoms with van der Waals surface area (Å²) < 4.78 is 16.2. The van der Waals surface area contributed by atoms with Crippen molar-refractivity contribution in [3.63, 3.8) is 0 Å². The highest BCUT2D eigenvalue weighted by atomic mass is 19.1. The Morgan fingerprint density at radius 1 is 1.21 bits per heavy atom. The van der Waals surface area contributed by atoms with Gasteiger partial charge < -0.3 is 21.1 Å². The van der Waals surface area contributed by atoms with Crippen molar-refractivity contribution >= 4 is 33.4 Å². The fraction of sp³-hybridized carbons (Fsp3) is 0.304. The number of halogens is 1. The van der Waals surface area contributed by atoms with Gasteiger partial charge in [0.15, 0.2) is 17.4 Å². The van der Waals surface area contributed by atoms with Crippen LogP contribution in [-0.2, 0) is 7.05 Å². The maximum atomic E-state index is 14.8. The van der Waals surface area contributed by atoms with E-state index < -0.39 is 17.5 Å². The van der Waals surface area contributed by atoms with Gasteiger partial charge in [0.1, 0.15) is 11.2 Å². The molecule has 4 N–H and O–H groups in total. The van der Waals surface area contributed by atoms with Crippen molar-refractivity contribution in [1.82, 2.24) is 25.1 Å². The lowest BCUT2D eigenvalue weighted by Crippen LogP contribution is -2.54. The van der Waals surface area contributed by atoms with E-state index in [0.29, 0.717) is 28.4 Å². The number of phenolic OH excluding ortho intramolecular Hbond substituents is 1. The average molecular weight is 449 g/mol. The standard InChI is InChI=1S/C23H24FN7O2/c1-11-8-31(9-12(2)26-11)14-4-5-17-15(7-14)20(22(25)33)28-23(27-17)16-6-13-10-30(3)29-19(13)18(24)21(16)32/h4-7,10-12,26,32H,8-9H2,1-3H3,(H2,25,33). The molecule has 1 amide bonds. The molecule has 4 aromatic rings. The number of nitrogens with one attached hydrogen (secondary N) is 1. The number of aryl methyl sites for hydroxylation is 1. The van der Waals surface area contributed by atoms with Crippen LogP contribution in [0.5, 0.6) is 5.75 Å². The third-order valence-electron chi connectivity index (χ3n) is 5.90. The van der Waals surface area contributed by atoms with Gasteiger partial charge in [-0.25, -0.2) is 14.4 Å². The number of phenols is 1. The first-order valence-corrected chi connectivity index (χ1v) is 10.7. The highest BCUT2D eigenvalue weighted by molar-refractivity contribution is 6.05. The molecule has 2 unspecified atom stereocenters. The number of carbonyl (C=O) groups excluding carboxylic acids is 1. The van der Waals surface area contributed by atoms with Gasteiger partial charge >= 0.3 is 0 Å². The average Bonchev–Trinajstić information content (AvgIpc) is 3.15. The van der Waals surface area contributed by atoms with Crippen LogP contribution in [0.3, 0.4) is 0 Å². The first-order chi connectivity index (χ1) is 15.7. The first-order valence-electron chi connectivity index (χ1n) is 10.7. The number of piperazine rings is 1. The molecule has 33 heavy (non-hydrogen) atoms. The zero-order chi connectivity index (χ0) is 23.4. The van der Waals surface area contributed by atoms with Crippen molar-refractivity contribution in [1.29, 1.82) is 0 Å². The van der Waals surface area contributed by atoms with Crippen LogP contribution in [0.2, 0.25) is 0 Å². The molecule has 0 bridgehead atoms. The second-order valence-electron chi connectivity index (χ2n) is 8.66. The van der Waals surface area contributed by atoms with Gasteiger partial charge in [-0.15, -0.1) is 0 Å². The Labute approximate surface area is 189 Å². The minimum atomic E-state index is -0.871. The molecule has 0 radical (unpaired) electrons. The summed E-state index contributed by atoms with van der Waals surface area (Å²) in [5.41, 5.74) is 7.18. The van der Waals surface area contributed by atoms with Crippen LogP contribution in [0.1, 0.15) is 24.3 Å². The Kier molecular flexibility index (Phi) is 4.89. The van der Waals surface area contributed by atoms with Gasteiger partial charge in [-0.05, 0) is 38.1 Å². The van der Waals surface area contributed by atoms with E-state index in [1.807, 2.05) is 12.1 Å². The van der Waals surface area contributed by atoms with Crippen LogP contribution in [-0.4, -0.2) is 55.9 Å². The van der Waals surface area contributed by atoms with E-state index in [-0.39, 0.29) is 22.6 Å². The molecular formula is C23H24FN7O2. The molecule has 2 aromatic heterocycles. The number of aromatic hydroxyl groups is 1. The van der Waals surface area contributed by atoms with Gasteiger partial charge in [-0.3, -0.25) is 9.48 Å². The van der Waals surface area contributed by atoms with Crippen molar-refractivity contribution < 1.29 is 14.3 Å². The quantitative estimate of drug-likeness (QED) is 0.439. The molecule has 1 aliphatic rings. The maximum Gasteiger partial charge on any atom is 0.268 e. The lowest BCUT2D eigenvalue weighted by atomic mass is 10.1. The van der Waals surface area contributed by atoms with Gasteiger partial charge in [-0.1, -0.05) is 0 Å². The van der Waals surface area contributed by atoms with Crippen LogP contribution >= 0.6 is 0 Å². The van der Waals surface area contributed by atoms with Crippen molar-refractivity contribution in [2.75, 3.05) is 18.0 Å². The highest BCUT2D eigenvalue weighted by Gasteiger charge is 2.24. The van der Waals surface area contributed by atoms with E-state index in [2.05, 4.69) is 39.1 Å². The van der Waals surface area contributed by atoms with E-state index in [1.165, 1.54) is 4.68 Å². The third kappa shape index (κ3) is 3.62. The van der Waals surface area contributed by atoms with Gasteiger partial charge in [0.2, 0.25) is 0 Å². The third-order valence-corrected chi connectivity index (χ3v) is 5.90. The van der Waals surface area contributed by atoms with Gasteiger partial charge in [-0.2, -0.15) is 5.10 Å². The molecule has 10 heteroatoms. The van der Waals surface area contributed by atoms with E-state index >= 15 is 0 Å². The summed E-state index contributed by atoms with van der Waals surface area (Å²) in [5.74, 6) is -2.22. The number of amides is 1. The Bertz CT molecular complexity index is 1410. The minimum Gasteiger partial charge on any atom is -0.504 e. The van der Waals surface area contributed by atoms with E-state index in [1.54, 1.807) is 25.4 Å². The number of hydrogen-bond donors (Lipinski definition) is 3. The lowest BCUT2D eigenvalue weighted by Gasteiger charge is -2.37. The smallest absolute Gasteiger partial charge is 0.268 e. The fourth-order valence-electron chi connectivity index (χ4n) is 4.57. The molecule has 0 aliphatic carbocycles. The van der Waals surface area contributed by atoms with E-state index in [4.69, 9.17) is 5.73 Å². The summed E-state index contributed by atoms with van der Waals surface area (Å²) in [6, 6.07) is 7.76. The normalized spacial score (nSPS) is 18.8. The summed E-state index contributed by atoms with van der Waals surface area (Å²) in [4.78, 5) is 23.4. The number of benzene rings is 2. The predicted octanol–water partition coefficient (Wildman–Crippen LogP) is 2.31. The Morgan fingerprint density at radius 3 is 2.64 bits per heavy atom. The Morgan fingerprint density at radius 2 is 1.94 bits per heavy atom. The van der Waals surface area contributed by atoms with E-state index in [9.17, 15) is 14.3 Å². The summed E-state index contributed by atoms with van der Waals surface area (Å²) in [6.07, 6.45) is 1.62. The number of nitrogens with zero attached hydrogens (tertiary/aromatic N) is 5. The first kappa shape index (κ1) is 21.1. The molecular weight excluding hydrogens is 425 g/mol. The zero-order valence-electron chi connectivity index (χ0n) is 18.5. The van der Waals surface area contributed by atoms with Crippen LogP contribution in [0.4, 0.5) is 10.1 Å². The van der Waals surface area contributed by atoms with Crippen molar-refractivity contribution in [3.8, 4) is 17.1 Å². The predicted molar refractivity (Wildman–Crippen MR) is 124 cm³/mol. The SMILES string of the molecule is CC1CN(c2ccc3nc(-c4cc5cn(C)nc5c(F)c4O)nc(C(N)=O)c3c2)CC(C)N1. The number of carbonyl (C=O) groups is 1. The highest BCUT2D eigenvalue weighted by Crippen LogP contribution is 2.36. The Balaban J connectivity index is 1.66. The largest absolute Gasteiger partial charge is 0.504 e. The number of rotatable bonds is 3. The molecule has 1 fully saturated rings. The maximum absolute atomic E-state index is 14.8. The van der Waals surface area contributed by atoms with Crippen molar-refractivity contribution in [2.24, 2.45) is 12.8 Å². The number of nitrogens with two attached hydrogens (primary N) is 1. The molecule has 5 rings (SSSR count). The number of primary amides is 1. The molecule has 0 spiro atoms. The van der Waals surface area contributed by atoms with Crippen molar-refractivity contribution in [3.05, 3.63) is 42.0 Å². The number of aromatic nitrogens is 4. The summed E-state index contributed by atoms with van der Waals surface area (Å²) >= 11 is 0. The van der Waals surface area contributed by atoms with Crippen molar-refractivity contribution in [2.45, 2.75) is 25.9 Å². The topological polar surface area (TPSA) is 122 Å². The molecule has 9 nitrogen and oxygen atoms in total. The molecule has 3 heterocycles. The monoisotopic (exact) mass is 449 g/mol. The summed E-state index contributed by atoms with van der Waals surface area (Å²) in [7, 11) is 1.66. The second-order valence-corrected chi connectivity index (χ2v) is 8.66. The van der Waals surface area contributed by atoms with Crippen LogP contribution < -0.4 is 16.0 Å². The molecule has 170 valence electrons. The van der Waals surface area contributed by atoms with Crippen LogP contribution in [0.25, 0.3) is 33.2 Å². The summed E-state index contributed by atoms with van der Waals surface area (Å²) in [6.45, 7) is 5.88. The fourth-order valence-corrected chi connectivity index (χ4v) is 4.57. The van der Waals surface area contributed by atoms with Gasteiger partial charge in [0.05, 0.1) is 11.1 Å².